The topological polar surface area (TPSA) is 281 Å². The number of ketones is 2. The van der Waals surface area contributed by atoms with E-state index in [0.717, 1.165) is 19.9 Å². The Hall–Kier alpha value is -7.35. The molecule has 3 aliphatic carbocycles. The molecule has 0 spiro atoms. The smallest absolute Gasteiger partial charge is 0.355 e. The van der Waals surface area contributed by atoms with Gasteiger partial charge in [0.1, 0.15) is 29.1 Å². The fourth-order valence-electron chi connectivity index (χ4n) is 11.6. The van der Waals surface area contributed by atoms with Gasteiger partial charge in [-0.3, -0.25) is 29.0 Å². The number of carbonyl (C=O) groups is 7. The highest BCUT2D eigenvalue weighted by Crippen LogP contribution is 2.67. The molecule has 4 N–H and O–H groups in total. The van der Waals surface area contributed by atoms with Gasteiger partial charge in [0.2, 0.25) is 6.10 Å². The predicted octanol–water partition coefficient (Wildman–Crippen LogP) is 4.25. The van der Waals surface area contributed by atoms with Crippen molar-refractivity contribution in [1.82, 2.24) is 9.97 Å². The zero-order chi connectivity index (χ0) is 53.0. The molecule has 19 nitrogen and oxygen atoms in total. The van der Waals surface area contributed by atoms with Gasteiger partial charge in [0.15, 0.2) is 23.3 Å². The number of hydrogen-bond donors (Lipinski definition) is 4. The molecule has 4 aromatic rings. The van der Waals surface area contributed by atoms with Crippen molar-refractivity contribution in [2.24, 2.45) is 16.7 Å². The molecular weight excluding hydrogens is 949 g/mol. The van der Waals surface area contributed by atoms with Crippen LogP contribution in [0.1, 0.15) is 110 Å². The van der Waals surface area contributed by atoms with Crippen molar-refractivity contribution in [3.8, 4) is 0 Å². The summed E-state index contributed by atoms with van der Waals surface area (Å²) in [6.45, 7) is 9.19. The maximum atomic E-state index is 15.8. The van der Waals surface area contributed by atoms with Crippen LogP contribution in [0.2, 0.25) is 0 Å². The molecule has 2 saturated carbocycles. The van der Waals surface area contributed by atoms with Gasteiger partial charge in [0.05, 0.1) is 29.6 Å². The highest BCUT2D eigenvalue weighted by molar-refractivity contribution is 5.98. The van der Waals surface area contributed by atoms with Crippen LogP contribution in [0.25, 0.3) is 0 Å². The van der Waals surface area contributed by atoms with Gasteiger partial charge >= 0.3 is 35.5 Å². The van der Waals surface area contributed by atoms with E-state index in [1.807, 2.05) is 4.98 Å². The first-order valence-corrected chi connectivity index (χ1v) is 23.7. The molecule has 3 fully saturated rings. The van der Waals surface area contributed by atoms with E-state index in [2.05, 4.69) is 4.98 Å². The molecule has 0 unspecified atom stereocenters. The minimum Gasteiger partial charge on any atom is -0.455 e. The molecule has 2 bridgehead atoms. The molecule has 384 valence electrons. The number of benzene rings is 3. The van der Waals surface area contributed by atoms with Crippen molar-refractivity contribution >= 4 is 41.4 Å². The molecule has 3 aromatic carbocycles. The average molecular weight is 1010 g/mol. The van der Waals surface area contributed by atoms with Gasteiger partial charge < -0.3 is 43.6 Å². The van der Waals surface area contributed by atoms with E-state index in [-0.39, 0.29) is 28.7 Å². The molecule has 1 saturated heterocycles. The number of rotatable bonds is 13. The Morgan fingerprint density at radius 3 is 1.93 bits per heavy atom. The summed E-state index contributed by atoms with van der Waals surface area (Å²) in [5, 5.41) is 26.4. The van der Waals surface area contributed by atoms with E-state index >= 15 is 9.59 Å². The lowest BCUT2D eigenvalue weighted by Gasteiger charge is -2.70. The molecule has 0 amide bonds. The molecule has 4 aliphatic rings. The van der Waals surface area contributed by atoms with Crippen LogP contribution < -0.4 is 11.2 Å². The highest BCUT2D eigenvalue weighted by atomic mass is 16.6. The van der Waals surface area contributed by atoms with Crippen molar-refractivity contribution < 1.29 is 72.2 Å². The van der Waals surface area contributed by atoms with E-state index in [1.165, 1.54) is 39.8 Å². The minimum absolute atomic E-state index is 0.0106. The van der Waals surface area contributed by atoms with Gasteiger partial charge in [-0.15, -0.1) is 0 Å². The van der Waals surface area contributed by atoms with Crippen molar-refractivity contribution in [3.05, 3.63) is 151 Å². The SMILES string of the molecule is CC(=O)O[C@H]1C(=O)[C@]2(C)[C@@H](O)C[C@@]3(C)OC[C@@]3(OC(C)=O)[C@H]2[C@H](OC(=O)c2ccccc2)[C@]2(O)C[C@H](OC(=O)[C@H](OC(=O)c3cc(=O)[nH]c(=O)[nH]3)[C@@H](CC(=O)c3ccccc3)c3ccccc3)C(C)=C1C2(C)C. The summed E-state index contributed by atoms with van der Waals surface area (Å²) < 4.78 is 37.0. The summed E-state index contributed by atoms with van der Waals surface area (Å²) in [4.78, 5) is 129. The van der Waals surface area contributed by atoms with E-state index in [1.54, 1.807) is 85.8 Å². The first-order valence-electron chi connectivity index (χ1n) is 23.7. The van der Waals surface area contributed by atoms with Gasteiger partial charge in [-0.1, -0.05) is 92.7 Å². The van der Waals surface area contributed by atoms with E-state index in [4.69, 9.17) is 28.4 Å². The molecule has 11 atom stereocenters. The second kappa shape index (κ2) is 19.2. The summed E-state index contributed by atoms with van der Waals surface area (Å²) >= 11 is 0. The first-order chi connectivity index (χ1) is 34.4. The number of hydrogen-bond acceptors (Lipinski definition) is 17. The fourth-order valence-corrected chi connectivity index (χ4v) is 11.6. The van der Waals surface area contributed by atoms with Crippen molar-refractivity contribution in [2.75, 3.05) is 6.61 Å². The van der Waals surface area contributed by atoms with Crippen LogP contribution in [0.5, 0.6) is 0 Å². The number of fused-ring (bicyclic) bond motifs is 5. The minimum atomic E-state index is -2.54. The lowest BCUT2D eigenvalue weighted by atomic mass is 9.42. The van der Waals surface area contributed by atoms with Crippen LogP contribution >= 0.6 is 0 Å². The monoisotopic (exact) mass is 1000 g/mol. The average Bonchev–Trinajstić information content (AvgIpc) is 3.34. The van der Waals surface area contributed by atoms with Crippen LogP contribution in [-0.4, -0.2) is 116 Å². The molecule has 1 aromatic heterocycles. The quantitative estimate of drug-likeness (QED) is 0.0630. The zero-order valence-electron chi connectivity index (χ0n) is 41.1. The van der Waals surface area contributed by atoms with Crippen LogP contribution in [0, 0.1) is 16.7 Å². The number of Topliss-reactive ketones (excluding diaryl/α,β-unsaturated/α-hetero) is 2. The van der Waals surface area contributed by atoms with E-state index < -0.39 is 148 Å². The third-order valence-corrected chi connectivity index (χ3v) is 15.5. The number of esters is 5. The third kappa shape index (κ3) is 8.92. The Kier molecular flexibility index (Phi) is 13.7. The van der Waals surface area contributed by atoms with Crippen LogP contribution in [0.15, 0.2) is 118 Å². The molecule has 73 heavy (non-hydrogen) atoms. The Morgan fingerprint density at radius 2 is 1.37 bits per heavy atom. The van der Waals surface area contributed by atoms with Crippen LogP contribution in [0.4, 0.5) is 0 Å². The number of aromatic amines is 2. The Morgan fingerprint density at radius 1 is 0.767 bits per heavy atom. The number of H-pyrrole nitrogens is 2. The van der Waals surface area contributed by atoms with Gasteiger partial charge in [0, 0.05) is 56.1 Å². The largest absolute Gasteiger partial charge is 0.455 e. The molecular formula is C54H56N2O17. The standard InChI is InChI=1S/C54H56N2O17/c1-28-37(70-48(65)41(71-47(64)35-24-39(61)56-49(66)55-35)34(31-17-11-8-12-18-31)23-36(59)32-19-13-9-14-20-32)25-53(67)45(72-46(63)33-21-15-10-16-22-33)43-52(7,44(62)42(69-29(2)57)40(28)50(53,4)5)38(60)26-51(6)54(43,27-68-51)73-30(3)58/h8-22,24,34,37-38,41-43,45,60,67H,23,25-27H2,1-7H3,(H2,55,56,61,66)/t34-,37-,38-,41+,42+,43-,45-,51+,52+,53+,54+/m0/s1. The second-order valence-corrected chi connectivity index (χ2v) is 20.1. The lowest BCUT2D eigenvalue weighted by Crippen LogP contribution is -2.85. The molecule has 1 aliphatic heterocycles. The number of nitrogens with one attached hydrogen (secondary N) is 2. The Labute approximate surface area is 418 Å². The normalized spacial score (nSPS) is 29.8. The van der Waals surface area contributed by atoms with Crippen molar-refractivity contribution in [1.29, 1.82) is 0 Å². The molecule has 19 heteroatoms. The molecule has 8 rings (SSSR count). The van der Waals surface area contributed by atoms with Crippen LogP contribution in [0.3, 0.4) is 0 Å². The van der Waals surface area contributed by atoms with E-state index in [9.17, 15) is 43.8 Å². The maximum Gasteiger partial charge on any atom is 0.355 e. The summed E-state index contributed by atoms with van der Waals surface area (Å²) in [5.74, 6) is -9.91. The van der Waals surface area contributed by atoms with Gasteiger partial charge in [-0.25, -0.2) is 19.2 Å². The second-order valence-electron chi connectivity index (χ2n) is 20.1. The van der Waals surface area contributed by atoms with Crippen molar-refractivity contribution in [3.63, 3.8) is 0 Å². The maximum absolute atomic E-state index is 15.8. The predicted molar refractivity (Wildman–Crippen MR) is 255 cm³/mol. The van der Waals surface area contributed by atoms with E-state index in [0.29, 0.717) is 5.56 Å². The summed E-state index contributed by atoms with van der Waals surface area (Å²) in [5.41, 5.74) is -12.1. The van der Waals surface area contributed by atoms with Gasteiger partial charge in [0.25, 0.3) is 5.56 Å². The van der Waals surface area contributed by atoms with Gasteiger partial charge in [-0.2, -0.15) is 0 Å². The Balaban J connectivity index is 1.33. The summed E-state index contributed by atoms with van der Waals surface area (Å²) in [6, 6.07) is 24.6. The Bertz CT molecular complexity index is 2990. The molecule has 2 heterocycles. The summed E-state index contributed by atoms with van der Waals surface area (Å²) in [6.07, 6.45) is -10.7. The lowest BCUT2D eigenvalue weighted by molar-refractivity contribution is -0.383. The van der Waals surface area contributed by atoms with Gasteiger partial charge in [-0.05, 0) is 49.6 Å². The number of aromatic nitrogens is 2. The third-order valence-electron chi connectivity index (χ3n) is 15.5. The molecule has 0 radical (unpaired) electrons. The van der Waals surface area contributed by atoms with Crippen LogP contribution in [-0.2, 0) is 47.6 Å². The number of aliphatic hydroxyl groups is 2. The highest BCUT2D eigenvalue weighted by Gasteiger charge is 2.81. The number of ether oxygens (including phenoxy) is 6. The first kappa shape index (κ1) is 52.0. The van der Waals surface area contributed by atoms with Crippen molar-refractivity contribution in [2.45, 2.75) is 121 Å². The fraction of sp³-hybridized carbons (Fsp3) is 0.426. The summed E-state index contributed by atoms with van der Waals surface area (Å²) in [7, 11) is 0. The number of aliphatic hydroxyl groups excluding tert-OH is 1. The zero-order valence-corrected chi connectivity index (χ0v) is 41.1. The number of carbonyl (C=O) groups excluding carboxylic acids is 7.